The van der Waals surface area contributed by atoms with E-state index in [9.17, 15) is 0 Å². The molecule has 4 nitrogen and oxygen atoms in total. The second-order valence-electron chi connectivity index (χ2n) is 9.60. The Labute approximate surface area is 232 Å². The quantitative estimate of drug-likeness (QED) is 0.225. The van der Waals surface area contributed by atoms with E-state index in [-0.39, 0.29) is 0 Å². The van der Waals surface area contributed by atoms with Gasteiger partial charge < -0.3 is 0 Å². The third kappa shape index (κ3) is 3.80. The molecule has 0 atom stereocenters. The maximum atomic E-state index is 4.62. The first kappa shape index (κ1) is 22.5. The zero-order valence-electron chi connectivity index (χ0n) is 20.7. The molecule has 0 radical (unpaired) electrons. The van der Waals surface area contributed by atoms with Gasteiger partial charge in [0.05, 0.1) is 11.4 Å². The third-order valence-corrected chi connectivity index (χ3v) is 9.64. The zero-order chi connectivity index (χ0) is 25.8. The van der Waals surface area contributed by atoms with E-state index < -0.39 is 0 Å². The van der Waals surface area contributed by atoms with Crippen LogP contribution in [0.5, 0.6) is 0 Å². The summed E-state index contributed by atoms with van der Waals surface area (Å²) in [4.78, 5) is 17.6. The lowest BCUT2D eigenvalue weighted by atomic mass is 9.95. The van der Waals surface area contributed by atoms with Gasteiger partial charge in [0.25, 0.3) is 0 Å². The van der Waals surface area contributed by atoms with Crippen molar-refractivity contribution >= 4 is 63.0 Å². The molecule has 0 N–H and O–H groups in total. The topological polar surface area (TPSA) is 51.6 Å². The van der Waals surface area contributed by atoms with Gasteiger partial charge >= 0.3 is 0 Å². The van der Waals surface area contributed by atoms with Crippen molar-refractivity contribution in [1.82, 2.24) is 19.9 Å². The second-order valence-corrected chi connectivity index (χ2v) is 11.7. The maximum Gasteiger partial charge on any atom is 0.116 e. The monoisotopic (exact) mass is 536 g/mol. The highest BCUT2D eigenvalue weighted by Crippen LogP contribution is 2.42. The van der Waals surface area contributed by atoms with Crippen molar-refractivity contribution in [3.63, 3.8) is 0 Å². The molecular formula is C33H20N4S2. The normalized spacial score (nSPS) is 11.7. The molecule has 0 aliphatic rings. The lowest BCUT2D eigenvalue weighted by molar-refractivity contribution is 1.16. The summed E-state index contributed by atoms with van der Waals surface area (Å²) >= 11 is 3.66. The molecule has 39 heavy (non-hydrogen) atoms. The predicted octanol–water partition coefficient (Wildman–Crippen LogP) is 8.93. The lowest BCUT2D eigenvalue weighted by Crippen LogP contribution is -1.93. The van der Waals surface area contributed by atoms with Crippen LogP contribution in [0.4, 0.5) is 0 Å². The molecule has 8 aromatic rings. The van der Waals surface area contributed by atoms with E-state index in [1.54, 1.807) is 12.7 Å². The maximum absolute atomic E-state index is 4.62. The van der Waals surface area contributed by atoms with Crippen LogP contribution in [0.1, 0.15) is 11.1 Å². The zero-order valence-corrected chi connectivity index (χ0v) is 22.3. The number of thiophene rings is 2. The Morgan fingerprint density at radius 2 is 1.00 bits per heavy atom. The summed E-state index contributed by atoms with van der Waals surface area (Å²) in [6.45, 7) is 0. The van der Waals surface area contributed by atoms with E-state index in [4.69, 9.17) is 0 Å². The SMILES string of the molecule is c1ccc2c(c1)sc1c(-c3ccncn3)cc(Cc3cc(-c4ccncn4)c4sc5ccccc5c4c3)cc12. The standard InChI is InChI=1S/C33H20N4S2/c1-3-7-30-22(5-1)24-14-20(16-26(32(24)38-30)28-9-11-34-18-36-28)13-21-15-25-23-6-2-4-8-31(23)39-33(25)27(17-21)29-10-12-35-19-37-29/h1-12,14-19H,13H2. The van der Waals surface area contributed by atoms with E-state index in [0.29, 0.717) is 0 Å². The fourth-order valence-corrected chi connectivity index (χ4v) is 7.91. The Hall–Kier alpha value is -4.52. The van der Waals surface area contributed by atoms with E-state index in [2.05, 4.69) is 92.7 Å². The van der Waals surface area contributed by atoms with Gasteiger partial charge in [-0.3, -0.25) is 0 Å². The van der Waals surface area contributed by atoms with Gasteiger partial charge in [-0.05, 0) is 66.1 Å². The highest BCUT2D eigenvalue weighted by Gasteiger charge is 2.16. The van der Waals surface area contributed by atoms with E-state index in [1.165, 1.54) is 51.5 Å². The van der Waals surface area contributed by atoms with Gasteiger partial charge in [0.15, 0.2) is 0 Å². The minimum Gasteiger partial charge on any atom is -0.245 e. The minimum atomic E-state index is 0.802. The van der Waals surface area contributed by atoms with Gasteiger partial charge in [-0.25, -0.2) is 19.9 Å². The smallest absolute Gasteiger partial charge is 0.116 e. The Kier molecular flexibility index (Phi) is 5.21. The highest BCUT2D eigenvalue weighted by molar-refractivity contribution is 7.26. The lowest BCUT2D eigenvalue weighted by Gasteiger charge is -2.11. The average molecular weight is 537 g/mol. The molecule has 0 unspecified atom stereocenters. The van der Waals surface area contributed by atoms with E-state index in [0.717, 1.165) is 28.9 Å². The molecule has 4 heterocycles. The van der Waals surface area contributed by atoms with Gasteiger partial charge in [-0.1, -0.05) is 36.4 Å². The number of benzene rings is 4. The van der Waals surface area contributed by atoms with Crippen molar-refractivity contribution in [2.75, 3.05) is 0 Å². The van der Waals surface area contributed by atoms with Crippen LogP contribution in [0.15, 0.2) is 110 Å². The number of fused-ring (bicyclic) bond motifs is 6. The van der Waals surface area contributed by atoms with Crippen LogP contribution in [0.25, 0.3) is 62.9 Å². The van der Waals surface area contributed by atoms with Crippen LogP contribution in [0, 0.1) is 0 Å². The first-order valence-corrected chi connectivity index (χ1v) is 14.4. The van der Waals surface area contributed by atoms with Crippen molar-refractivity contribution in [2.24, 2.45) is 0 Å². The van der Waals surface area contributed by atoms with Gasteiger partial charge in [-0.15, -0.1) is 22.7 Å². The molecule has 4 aromatic carbocycles. The summed E-state index contributed by atoms with van der Waals surface area (Å²) in [5, 5.41) is 5.13. The Morgan fingerprint density at radius 1 is 0.513 bits per heavy atom. The van der Waals surface area contributed by atoms with Crippen LogP contribution in [-0.4, -0.2) is 19.9 Å². The Morgan fingerprint density at radius 3 is 1.46 bits per heavy atom. The summed E-state index contributed by atoms with van der Waals surface area (Å²) in [5.41, 5.74) is 6.72. The largest absolute Gasteiger partial charge is 0.245 e. The molecule has 4 aromatic heterocycles. The number of rotatable bonds is 4. The summed E-state index contributed by atoms with van der Waals surface area (Å²) in [6.07, 6.45) is 7.70. The van der Waals surface area contributed by atoms with Crippen molar-refractivity contribution < 1.29 is 0 Å². The van der Waals surface area contributed by atoms with E-state index in [1.807, 2.05) is 47.2 Å². The molecule has 0 spiro atoms. The molecular weight excluding hydrogens is 517 g/mol. The van der Waals surface area contributed by atoms with Crippen LogP contribution < -0.4 is 0 Å². The molecule has 0 saturated heterocycles. The Bertz CT molecular complexity index is 1990. The molecule has 0 amide bonds. The van der Waals surface area contributed by atoms with Gasteiger partial charge in [-0.2, -0.15) is 0 Å². The number of aromatic nitrogens is 4. The first-order valence-electron chi connectivity index (χ1n) is 12.7. The molecule has 184 valence electrons. The van der Waals surface area contributed by atoms with Gasteiger partial charge in [0, 0.05) is 63.9 Å². The van der Waals surface area contributed by atoms with Crippen LogP contribution in [0.2, 0.25) is 0 Å². The Balaban J connectivity index is 1.36. The van der Waals surface area contributed by atoms with Crippen molar-refractivity contribution in [3.05, 3.63) is 121 Å². The second kappa shape index (κ2) is 9.05. The molecule has 0 fully saturated rings. The number of hydrogen-bond donors (Lipinski definition) is 0. The highest BCUT2D eigenvalue weighted by atomic mass is 32.1. The fourth-order valence-electron chi connectivity index (χ4n) is 5.49. The molecule has 8 rings (SSSR count). The average Bonchev–Trinajstić information content (AvgIpc) is 3.56. The number of nitrogens with zero attached hydrogens (tertiary/aromatic N) is 4. The molecule has 0 saturated carbocycles. The van der Waals surface area contributed by atoms with Crippen molar-refractivity contribution in [2.45, 2.75) is 6.42 Å². The predicted molar refractivity (Wildman–Crippen MR) is 164 cm³/mol. The number of hydrogen-bond acceptors (Lipinski definition) is 6. The molecule has 0 aliphatic carbocycles. The molecule has 0 bridgehead atoms. The van der Waals surface area contributed by atoms with E-state index >= 15 is 0 Å². The fraction of sp³-hybridized carbons (Fsp3) is 0.0303. The first-order chi connectivity index (χ1) is 19.3. The summed E-state index contributed by atoms with van der Waals surface area (Å²) < 4.78 is 5.11. The van der Waals surface area contributed by atoms with Gasteiger partial charge in [0.1, 0.15) is 12.7 Å². The van der Waals surface area contributed by atoms with Crippen LogP contribution in [0.3, 0.4) is 0 Å². The summed E-state index contributed by atoms with van der Waals surface area (Å²) in [5.74, 6) is 0. The molecule has 6 heteroatoms. The summed E-state index contributed by atoms with van der Waals surface area (Å²) in [7, 11) is 0. The minimum absolute atomic E-state index is 0.802. The summed E-state index contributed by atoms with van der Waals surface area (Å²) in [6, 6.07) is 30.6. The van der Waals surface area contributed by atoms with Crippen molar-refractivity contribution in [1.29, 1.82) is 0 Å². The van der Waals surface area contributed by atoms with Crippen LogP contribution >= 0.6 is 22.7 Å². The van der Waals surface area contributed by atoms with Crippen molar-refractivity contribution in [3.8, 4) is 22.5 Å². The van der Waals surface area contributed by atoms with Crippen LogP contribution in [-0.2, 0) is 6.42 Å². The van der Waals surface area contributed by atoms with Gasteiger partial charge in [0.2, 0.25) is 0 Å². The molecule has 0 aliphatic heterocycles. The third-order valence-electron chi connectivity index (χ3n) is 7.20.